The molecule has 6 heteroatoms. The zero-order chi connectivity index (χ0) is 14.1. The molecule has 0 amide bonds. The SMILES string of the molecule is COC(=O)CCNC(=NCc1ccccc1)N(C)C.I. The van der Waals surface area contributed by atoms with Crippen LogP contribution < -0.4 is 5.32 Å². The summed E-state index contributed by atoms with van der Waals surface area (Å²) in [6.45, 7) is 1.12. The Balaban J connectivity index is 0.00000361. The predicted molar refractivity (Wildman–Crippen MR) is 91.3 cm³/mol. The highest BCUT2D eigenvalue weighted by Gasteiger charge is 2.04. The number of ether oxygens (including phenoxy) is 1. The summed E-state index contributed by atoms with van der Waals surface area (Å²) in [6.07, 6.45) is 0.328. The molecule has 0 aliphatic carbocycles. The second kappa shape index (κ2) is 10.5. The minimum atomic E-state index is -0.228. The molecule has 0 saturated heterocycles. The molecule has 1 N–H and O–H groups in total. The molecule has 5 nitrogen and oxygen atoms in total. The van der Waals surface area contributed by atoms with E-state index in [2.05, 4.69) is 15.0 Å². The van der Waals surface area contributed by atoms with E-state index >= 15 is 0 Å². The number of guanidine groups is 1. The summed E-state index contributed by atoms with van der Waals surface area (Å²) < 4.78 is 4.59. The number of aliphatic imine (C=N–C) groups is 1. The molecule has 0 unspecified atom stereocenters. The molecule has 0 aromatic heterocycles. The van der Waals surface area contributed by atoms with Gasteiger partial charge in [0.1, 0.15) is 0 Å². The van der Waals surface area contributed by atoms with Crippen molar-refractivity contribution in [2.75, 3.05) is 27.7 Å². The number of methoxy groups -OCH3 is 1. The van der Waals surface area contributed by atoms with E-state index in [1.54, 1.807) is 0 Å². The van der Waals surface area contributed by atoms with E-state index in [1.165, 1.54) is 7.11 Å². The van der Waals surface area contributed by atoms with Crippen LogP contribution in [0, 0.1) is 0 Å². The maximum atomic E-state index is 11.0. The predicted octanol–water partition coefficient (Wildman–Crippen LogP) is 1.87. The summed E-state index contributed by atoms with van der Waals surface area (Å²) >= 11 is 0. The minimum absolute atomic E-state index is 0. The van der Waals surface area contributed by atoms with E-state index in [4.69, 9.17) is 0 Å². The van der Waals surface area contributed by atoms with Gasteiger partial charge >= 0.3 is 5.97 Å². The van der Waals surface area contributed by atoms with Crippen molar-refractivity contribution in [2.24, 2.45) is 4.99 Å². The highest BCUT2D eigenvalue weighted by Crippen LogP contribution is 2.00. The van der Waals surface area contributed by atoms with Crippen LogP contribution >= 0.6 is 24.0 Å². The van der Waals surface area contributed by atoms with Crippen molar-refractivity contribution in [1.29, 1.82) is 0 Å². The van der Waals surface area contributed by atoms with Crippen LogP contribution in [0.15, 0.2) is 35.3 Å². The third-order valence-corrected chi connectivity index (χ3v) is 2.52. The average molecular weight is 391 g/mol. The Hall–Kier alpha value is -1.31. The monoisotopic (exact) mass is 391 g/mol. The van der Waals surface area contributed by atoms with Gasteiger partial charge in [-0.1, -0.05) is 30.3 Å². The number of nitrogens with one attached hydrogen (secondary N) is 1. The first kappa shape index (κ1) is 18.7. The molecular formula is C14H22IN3O2. The Morgan fingerprint density at radius 2 is 1.95 bits per heavy atom. The van der Waals surface area contributed by atoms with Crippen LogP contribution in [0.25, 0.3) is 0 Å². The fraction of sp³-hybridized carbons (Fsp3) is 0.429. The number of carbonyl (C=O) groups is 1. The Morgan fingerprint density at radius 1 is 1.30 bits per heavy atom. The van der Waals surface area contributed by atoms with Crippen molar-refractivity contribution in [3.05, 3.63) is 35.9 Å². The van der Waals surface area contributed by atoms with Gasteiger partial charge in [0.2, 0.25) is 0 Å². The van der Waals surface area contributed by atoms with Crippen molar-refractivity contribution in [3.8, 4) is 0 Å². The second-order valence-corrected chi connectivity index (χ2v) is 4.27. The lowest BCUT2D eigenvalue weighted by Crippen LogP contribution is -2.37. The van der Waals surface area contributed by atoms with Gasteiger partial charge in [0.15, 0.2) is 5.96 Å². The minimum Gasteiger partial charge on any atom is -0.469 e. The molecule has 20 heavy (non-hydrogen) atoms. The molecule has 0 bridgehead atoms. The first-order valence-electron chi connectivity index (χ1n) is 6.20. The van der Waals surface area contributed by atoms with Gasteiger partial charge in [0.05, 0.1) is 20.1 Å². The lowest BCUT2D eigenvalue weighted by atomic mass is 10.2. The quantitative estimate of drug-likeness (QED) is 0.361. The standard InChI is InChI=1S/C14H21N3O2.HI/c1-17(2)14(15-10-9-13(18)19-3)16-11-12-7-5-4-6-8-12;/h4-8H,9-11H2,1-3H3,(H,15,16);1H. The van der Waals surface area contributed by atoms with E-state index in [-0.39, 0.29) is 29.9 Å². The highest BCUT2D eigenvalue weighted by molar-refractivity contribution is 14.0. The summed E-state index contributed by atoms with van der Waals surface area (Å²) in [7, 11) is 5.21. The summed E-state index contributed by atoms with van der Waals surface area (Å²) in [5.74, 6) is 0.529. The molecule has 0 aliphatic heterocycles. The molecule has 1 rings (SSSR count). The molecule has 0 radical (unpaired) electrons. The van der Waals surface area contributed by atoms with Crippen LogP contribution in [0.1, 0.15) is 12.0 Å². The van der Waals surface area contributed by atoms with Gasteiger partial charge < -0.3 is 15.0 Å². The van der Waals surface area contributed by atoms with Crippen LogP contribution in [0.3, 0.4) is 0 Å². The van der Waals surface area contributed by atoms with Gasteiger partial charge in [-0.15, -0.1) is 24.0 Å². The summed E-state index contributed by atoms with van der Waals surface area (Å²) in [5.41, 5.74) is 1.15. The number of halogens is 1. The maximum absolute atomic E-state index is 11.0. The van der Waals surface area contributed by atoms with E-state index in [1.807, 2.05) is 49.3 Å². The highest BCUT2D eigenvalue weighted by atomic mass is 127. The van der Waals surface area contributed by atoms with Crippen LogP contribution in [-0.4, -0.2) is 44.6 Å². The number of nitrogens with zero attached hydrogens (tertiary/aromatic N) is 2. The first-order chi connectivity index (χ1) is 9.13. The van der Waals surface area contributed by atoms with Crippen molar-refractivity contribution >= 4 is 35.9 Å². The normalized spacial score (nSPS) is 10.4. The number of carbonyl (C=O) groups excluding carboxylic acids is 1. The maximum Gasteiger partial charge on any atom is 0.307 e. The third-order valence-electron chi connectivity index (χ3n) is 2.52. The second-order valence-electron chi connectivity index (χ2n) is 4.27. The topological polar surface area (TPSA) is 53.9 Å². The van der Waals surface area contributed by atoms with Gasteiger partial charge in [-0.3, -0.25) is 4.79 Å². The molecule has 0 heterocycles. The molecule has 0 saturated carbocycles. The molecule has 0 aliphatic rings. The number of esters is 1. The number of hydrogen-bond acceptors (Lipinski definition) is 3. The van der Waals surface area contributed by atoms with Gasteiger partial charge in [-0.25, -0.2) is 4.99 Å². The van der Waals surface area contributed by atoms with E-state index in [9.17, 15) is 4.79 Å². The van der Waals surface area contributed by atoms with Gasteiger partial charge in [0, 0.05) is 20.6 Å². The Kier molecular flexibility index (Phi) is 9.79. The van der Waals surface area contributed by atoms with E-state index in [0.717, 1.165) is 11.5 Å². The molecule has 1 aromatic rings. The smallest absolute Gasteiger partial charge is 0.307 e. The lowest BCUT2D eigenvalue weighted by Gasteiger charge is -2.17. The zero-order valence-electron chi connectivity index (χ0n) is 12.1. The van der Waals surface area contributed by atoms with Gasteiger partial charge in [-0.2, -0.15) is 0 Å². The van der Waals surface area contributed by atoms with Crippen LogP contribution in [0.5, 0.6) is 0 Å². The molecular weight excluding hydrogens is 369 g/mol. The first-order valence-corrected chi connectivity index (χ1v) is 6.20. The average Bonchev–Trinajstić information content (AvgIpc) is 2.43. The third kappa shape index (κ3) is 7.32. The molecule has 0 atom stereocenters. The fourth-order valence-electron chi connectivity index (χ4n) is 1.48. The van der Waals surface area contributed by atoms with Gasteiger partial charge in [-0.05, 0) is 5.56 Å². The number of hydrogen-bond donors (Lipinski definition) is 1. The van der Waals surface area contributed by atoms with E-state index in [0.29, 0.717) is 19.5 Å². The Bertz CT molecular complexity index is 422. The summed E-state index contributed by atoms with van der Waals surface area (Å²) in [6, 6.07) is 10.0. The number of benzene rings is 1. The Labute approximate surface area is 137 Å². The van der Waals surface area contributed by atoms with Crippen molar-refractivity contribution < 1.29 is 9.53 Å². The molecule has 0 fully saturated rings. The van der Waals surface area contributed by atoms with Crippen LogP contribution in [-0.2, 0) is 16.1 Å². The number of rotatable bonds is 5. The van der Waals surface area contributed by atoms with Crippen molar-refractivity contribution in [2.45, 2.75) is 13.0 Å². The zero-order valence-corrected chi connectivity index (χ0v) is 14.5. The van der Waals surface area contributed by atoms with Crippen LogP contribution in [0.4, 0.5) is 0 Å². The molecule has 0 spiro atoms. The molecule has 1 aromatic carbocycles. The molecule has 112 valence electrons. The van der Waals surface area contributed by atoms with Gasteiger partial charge in [0.25, 0.3) is 0 Å². The fourth-order valence-corrected chi connectivity index (χ4v) is 1.48. The summed E-state index contributed by atoms with van der Waals surface area (Å²) in [5, 5.41) is 3.13. The summed E-state index contributed by atoms with van der Waals surface area (Å²) in [4.78, 5) is 17.4. The lowest BCUT2D eigenvalue weighted by molar-refractivity contribution is -0.140. The van der Waals surface area contributed by atoms with Crippen LogP contribution in [0.2, 0.25) is 0 Å². The van der Waals surface area contributed by atoms with Crippen molar-refractivity contribution in [1.82, 2.24) is 10.2 Å². The largest absolute Gasteiger partial charge is 0.469 e. The van der Waals surface area contributed by atoms with Crippen molar-refractivity contribution in [3.63, 3.8) is 0 Å². The Morgan fingerprint density at radius 3 is 2.50 bits per heavy atom. The van der Waals surface area contributed by atoms with E-state index < -0.39 is 0 Å².